The minimum Gasteiger partial charge on any atom is -0.381 e. The van der Waals surface area contributed by atoms with Gasteiger partial charge in [0.25, 0.3) is 0 Å². The molecule has 1 aliphatic rings. The van der Waals surface area contributed by atoms with Crippen molar-refractivity contribution < 1.29 is 4.74 Å². The standard InChI is InChI=1S/C18H21NO/c1-20-13-15-5-3-7-18(11-15)19-12-14-4-2-6-17(10-14)16-8-9-16/h2-7,10-11,16,19H,8-9,12-13H2,1H3. The number of nitrogens with one attached hydrogen (secondary N) is 1. The number of rotatable bonds is 6. The van der Waals surface area contributed by atoms with Crippen LogP contribution in [0.1, 0.15) is 35.4 Å². The Morgan fingerprint density at radius 1 is 1.05 bits per heavy atom. The zero-order valence-corrected chi connectivity index (χ0v) is 11.9. The molecule has 0 radical (unpaired) electrons. The maximum Gasteiger partial charge on any atom is 0.0713 e. The second-order valence-electron chi connectivity index (χ2n) is 5.51. The first-order valence-electron chi connectivity index (χ1n) is 7.26. The third kappa shape index (κ3) is 3.40. The molecule has 0 spiro atoms. The summed E-state index contributed by atoms with van der Waals surface area (Å²) in [6.45, 7) is 1.53. The van der Waals surface area contributed by atoms with Crippen LogP contribution in [0.2, 0.25) is 0 Å². The molecule has 0 aliphatic heterocycles. The maximum atomic E-state index is 5.17. The molecule has 1 N–H and O–H groups in total. The van der Waals surface area contributed by atoms with Crippen LogP contribution in [0.4, 0.5) is 5.69 Å². The van der Waals surface area contributed by atoms with Crippen LogP contribution in [0.15, 0.2) is 48.5 Å². The topological polar surface area (TPSA) is 21.3 Å². The molecular weight excluding hydrogens is 246 g/mol. The van der Waals surface area contributed by atoms with Gasteiger partial charge >= 0.3 is 0 Å². The monoisotopic (exact) mass is 267 g/mol. The molecule has 0 aromatic heterocycles. The van der Waals surface area contributed by atoms with E-state index in [1.807, 2.05) is 0 Å². The Morgan fingerprint density at radius 3 is 2.65 bits per heavy atom. The Bertz CT molecular complexity index is 575. The Morgan fingerprint density at radius 2 is 1.85 bits per heavy atom. The van der Waals surface area contributed by atoms with E-state index in [2.05, 4.69) is 53.8 Å². The average molecular weight is 267 g/mol. The fourth-order valence-corrected chi connectivity index (χ4v) is 2.52. The van der Waals surface area contributed by atoms with Crippen LogP contribution in [0.25, 0.3) is 0 Å². The SMILES string of the molecule is COCc1cccc(NCc2cccc(C3CC3)c2)c1. The van der Waals surface area contributed by atoms with Gasteiger partial charge < -0.3 is 10.1 Å². The minimum atomic E-state index is 0.659. The van der Waals surface area contributed by atoms with Crippen molar-refractivity contribution in [3.8, 4) is 0 Å². The van der Waals surface area contributed by atoms with E-state index >= 15 is 0 Å². The van der Waals surface area contributed by atoms with Gasteiger partial charge in [-0.15, -0.1) is 0 Å². The predicted molar refractivity (Wildman–Crippen MR) is 82.9 cm³/mol. The second-order valence-corrected chi connectivity index (χ2v) is 5.51. The number of hydrogen-bond donors (Lipinski definition) is 1. The van der Waals surface area contributed by atoms with Gasteiger partial charge in [0.2, 0.25) is 0 Å². The normalized spacial score (nSPS) is 14.2. The van der Waals surface area contributed by atoms with Crippen molar-refractivity contribution in [2.45, 2.75) is 31.9 Å². The molecule has 2 nitrogen and oxygen atoms in total. The van der Waals surface area contributed by atoms with E-state index in [1.165, 1.54) is 29.5 Å². The first kappa shape index (κ1) is 13.2. The molecular formula is C18H21NO. The molecule has 0 unspecified atom stereocenters. The van der Waals surface area contributed by atoms with Crippen molar-refractivity contribution >= 4 is 5.69 Å². The van der Waals surface area contributed by atoms with Gasteiger partial charge in [-0.05, 0) is 47.6 Å². The highest BCUT2D eigenvalue weighted by molar-refractivity contribution is 5.46. The molecule has 0 bridgehead atoms. The largest absolute Gasteiger partial charge is 0.381 e. The third-order valence-electron chi connectivity index (χ3n) is 3.73. The van der Waals surface area contributed by atoms with Crippen LogP contribution in [0.5, 0.6) is 0 Å². The van der Waals surface area contributed by atoms with Crippen molar-refractivity contribution in [3.63, 3.8) is 0 Å². The van der Waals surface area contributed by atoms with E-state index in [9.17, 15) is 0 Å². The Kier molecular flexibility index (Phi) is 4.03. The molecule has 2 aromatic rings. The highest BCUT2D eigenvalue weighted by Crippen LogP contribution is 2.40. The van der Waals surface area contributed by atoms with Crippen molar-refractivity contribution in [3.05, 3.63) is 65.2 Å². The number of benzene rings is 2. The lowest BCUT2D eigenvalue weighted by Gasteiger charge is -2.09. The Balaban J connectivity index is 1.63. The molecule has 104 valence electrons. The summed E-state index contributed by atoms with van der Waals surface area (Å²) in [5.74, 6) is 0.819. The average Bonchev–Trinajstić information content (AvgIpc) is 3.31. The smallest absolute Gasteiger partial charge is 0.0713 e. The van der Waals surface area contributed by atoms with Crippen LogP contribution in [-0.4, -0.2) is 7.11 Å². The molecule has 1 aliphatic carbocycles. The quantitative estimate of drug-likeness (QED) is 0.841. The minimum absolute atomic E-state index is 0.659. The van der Waals surface area contributed by atoms with Crippen LogP contribution in [0.3, 0.4) is 0 Å². The van der Waals surface area contributed by atoms with Gasteiger partial charge in [-0.3, -0.25) is 0 Å². The molecule has 0 amide bonds. The van der Waals surface area contributed by atoms with E-state index in [-0.39, 0.29) is 0 Å². The highest BCUT2D eigenvalue weighted by Gasteiger charge is 2.23. The summed E-state index contributed by atoms with van der Waals surface area (Å²) in [4.78, 5) is 0. The van der Waals surface area contributed by atoms with E-state index in [1.54, 1.807) is 7.11 Å². The van der Waals surface area contributed by atoms with Crippen LogP contribution in [-0.2, 0) is 17.9 Å². The fourth-order valence-electron chi connectivity index (χ4n) is 2.52. The first-order valence-corrected chi connectivity index (χ1v) is 7.26. The van der Waals surface area contributed by atoms with Crippen molar-refractivity contribution in [2.75, 3.05) is 12.4 Å². The molecule has 2 heteroatoms. The number of anilines is 1. The van der Waals surface area contributed by atoms with Crippen molar-refractivity contribution in [1.29, 1.82) is 0 Å². The number of hydrogen-bond acceptors (Lipinski definition) is 2. The summed E-state index contributed by atoms with van der Waals surface area (Å²) in [5.41, 5.74) is 5.20. The first-order chi connectivity index (χ1) is 9.85. The lowest BCUT2D eigenvalue weighted by molar-refractivity contribution is 0.185. The van der Waals surface area contributed by atoms with Gasteiger partial charge in [0.05, 0.1) is 6.61 Å². The van der Waals surface area contributed by atoms with Crippen molar-refractivity contribution in [2.24, 2.45) is 0 Å². The Hall–Kier alpha value is -1.80. The predicted octanol–water partition coefficient (Wildman–Crippen LogP) is 4.32. The van der Waals surface area contributed by atoms with Gasteiger partial charge in [0, 0.05) is 19.3 Å². The van der Waals surface area contributed by atoms with Crippen LogP contribution in [0, 0.1) is 0 Å². The highest BCUT2D eigenvalue weighted by atomic mass is 16.5. The van der Waals surface area contributed by atoms with E-state index in [4.69, 9.17) is 4.74 Å². The van der Waals surface area contributed by atoms with Crippen LogP contribution >= 0.6 is 0 Å². The lowest BCUT2D eigenvalue weighted by atomic mass is 10.1. The molecule has 2 aromatic carbocycles. The summed E-state index contributed by atoms with van der Waals surface area (Å²) in [5, 5.41) is 3.49. The zero-order chi connectivity index (χ0) is 13.8. The molecule has 0 heterocycles. The lowest BCUT2D eigenvalue weighted by Crippen LogP contribution is -2.00. The second kappa shape index (κ2) is 6.10. The summed E-state index contributed by atoms with van der Waals surface area (Å²) in [6.07, 6.45) is 2.71. The van der Waals surface area contributed by atoms with Crippen molar-refractivity contribution in [1.82, 2.24) is 0 Å². The summed E-state index contributed by atoms with van der Waals surface area (Å²) in [6, 6.07) is 17.4. The van der Waals surface area contributed by atoms with Gasteiger partial charge in [0.1, 0.15) is 0 Å². The molecule has 3 rings (SSSR count). The van der Waals surface area contributed by atoms with Gasteiger partial charge in [-0.25, -0.2) is 0 Å². The van der Waals surface area contributed by atoms with E-state index in [0.29, 0.717) is 6.61 Å². The molecule has 0 atom stereocenters. The summed E-state index contributed by atoms with van der Waals surface area (Å²) >= 11 is 0. The summed E-state index contributed by atoms with van der Waals surface area (Å²) in [7, 11) is 1.73. The number of methoxy groups -OCH3 is 1. The Labute approximate surface area is 120 Å². The van der Waals surface area contributed by atoms with E-state index in [0.717, 1.165) is 18.2 Å². The van der Waals surface area contributed by atoms with E-state index < -0.39 is 0 Å². The maximum absolute atomic E-state index is 5.17. The van der Waals surface area contributed by atoms with Gasteiger partial charge in [-0.2, -0.15) is 0 Å². The number of ether oxygens (including phenoxy) is 1. The molecule has 0 saturated heterocycles. The van der Waals surface area contributed by atoms with Crippen LogP contribution < -0.4 is 5.32 Å². The molecule has 1 saturated carbocycles. The molecule has 20 heavy (non-hydrogen) atoms. The zero-order valence-electron chi connectivity index (χ0n) is 11.9. The van der Waals surface area contributed by atoms with Gasteiger partial charge in [-0.1, -0.05) is 36.4 Å². The summed E-state index contributed by atoms with van der Waals surface area (Å²) < 4.78 is 5.17. The fraction of sp³-hybridized carbons (Fsp3) is 0.333. The molecule has 1 fully saturated rings. The third-order valence-corrected chi connectivity index (χ3v) is 3.73. The van der Waals surface area contributed by atoms with Gasteiger partial charge in [0.15, 0.2) is 0 Å².